The van der Waals surface area contributed by atoms with Crippen molar-refractivity contribution in [2.75, 3.05) is 59.7 Å². The van der Waals surface area contributed by atoms with E-state index in [4.69, 9.17) is 19.2 Å². The molecule has 0 atom stereocenters. The molecule has 3 heterocycles. The van der Waals surface area contributed by atoms with Crippen molar-refractivity contribution in [3.63, 3.8) is 0 Å². The zero-order valence-corrected chi connectivity index (χ0v) is 20.1. The normalized spacial score (nSPS) is 15.8. The summed E-state index contributed by atoms with van der Waals surface area (Å²) in [5.41, 5.74) is 3.92. The lowest BCUT2D eigenvalue weighted by atomic mass is 10.2. The minimum Gasteiger partial charge on any atom is -0.493 e. The van der Waals surface area contributed by atoms with E-state index in [1.165, 1.54) is 0 Å². The summed E-state index contributed by atoms with van der Waals surface area (Å²) in [7, 11) is 1.66. The van der Waals surface area contributed by atoms with Gasteiger partial charge in [0.05, 0.1) is 37.9 Å². The molecule has 2 aliphatic rings. The molecule has 2 aliphatic heterocycles. The highest BCUT2D eigenvalue weighted by molar-refractivity contribution is 6.02. The Morgan fingerprint density at radius 3 is 2.61 bits per heavy atom. The van der Waals surface area contributed by atoms with Crippen molar-refractivity contribution >= 4 is 41.7 Å². The van der Waals surface area contributed by atoms with Gasteiger partial charge in [-0.25, -0.2) is 4.98 Å². The minimum absolute atomic E-state index is 0. The van der Waals surface area contributed by atoms with Crippen LogP contribution in [0.4, 0.5) is 0 Å². The van der Waals surface area contributed by atoms with Crippen molar-refractivity contribution in [3.05, 3.63) is 42.0 Å². The smallest absolute Gasteiger partial charge is 0.161 e. The summed E-state index contributed by atoms with van der Waals surface area (Å²) in [6.07, 6.45) is 0. The van der Waals surface area contributed by atoms with Gasteiger partial charge in [-0.05, 0) is 36.4 Å². The second-order valence-corrected chi connectivity index (χ2v) is 7.64. The molecule has 3 aromatic rings. The van der Waals surface area contributed by atoms with Crippen LogP contribution in [0, 0.1) is 0 Å². The number of rotatable bonds is 7. The lowest BCUT2D eigenvalue weighted by Crippen LogP contribution is -2.38. The molecule has 0 unspecified atom stereocenters. The van der Waals surface area contributed by atoms with E-state index in [9.17, 15) is 0 Å². The van der Waals surface area contributed by atoms with Crippen LogP contribution in [-0.4, -0.2) is 80.4 Å². The summed E-state index contributed by atoms with van der Waals surface area (Å²) in [5.74, 6) is 3.18. The average molecular weight is 494 g/mol. The van der Waals surface area contributed by atoms with Crippen LogP contribution in [-0.2, 0) is 4.74 Å². The lowest BCUT2D eigenvalue weighted by Gasteiger charge is -2.26. The maximum atomic E-state index is 6.00. The molecule has 0 aliphatic carbocycles. The van der Waals surface area contributed by atoms with E-state index in [0.717, 1.165) is 85.5 Å². The molecule has 0 bridgehead atoms. The van der Waals surface area contributed by atoms with Crippen LogP contribution in [0.3, 0.4) is 0 Å². The third kappa shape index (κ3) is 5.70. The molecule has 1 fully saturated rings. The van der Waals surface area contributed by atoms with Crippen molar-refractivity contribution in [2.45, 2.75) is 0 Å². The van der Waals surface area contributed by atoms with Gasteiger partial charge in [0.25, 0.3) is 0 Å². The zero-order chi connectivity index (χ0) is 21.0. The number of H-pyrrole nitrogens is 1. The zero-order valence-electron chi connectivity index (χ0n) is 18.5. The summed E-state index contributed by atoms with van der Waals surface area (Å²) in [4.78, 5) is 15.0. The molecule has 33 heavy (non-hydrogen) atoms. The number of imidazole rings is 1. The lowest BCUT2D eigenvalue weighted by molar-refractivity contribution is 0.0321. The first kappa shape index (κ1) is 25.1. The number of hydrogen-bond acceptors (Lipinski definition) is 7. The van der Waals surface area contributed by atoms with Crippen molar-refractivity contribution in [2.24, 2.45) is 4.99 Å². The molecule has 1 aromatic heterocycles. The Morgan fingerprint density at radius 2 is 1.85 bits per heavy atom. The quantitative estimate of drug-likeness (QED) is 0.525. The van der Waals surface area contributed by atoms with Crippen LogP contribution in [0.1, 0.15) is 5.56 Å². The number of halogens is 2. The van der Waals surface area contributed by atoms with Gasteiger partial charge in [-0.2, -0.15) is 0 Å². The van der Waals surface area contributed by atoms with E-state index in [1.807, 2.05) is 24.3 Å². The number of aromatic amines is 1. The average Bonchev–Trinajstić information content (AvgIpc) is 3.49. The fourth-order valence-corrected chi connectivity index (χ4v) is 3.93. The Morgan fingerprint density at radius 1 is 1.03 bits per heavy atom. The topological polar surface area (TPSA) is 84.0 Å². The molecule has 10 heteroatoms. The Bertz CT molecular complexity index is 1100. The van der Waals surface area contributed by atoms with E-state index in [-0.39, 0.29) is 24.8 Å². The van der Waals surface area contributed by atoms with Gasteiger partial charge in [-0.1, -0.05) is 0 Å². The predicted octanol–water partition coefficient (Wildman–Crippen LogP) is 3.14. The Labute approximate surface area is 205 Å². The Balaban J connectivity index is 0.00000153. The Hall–Kier alpha value is -2.52. The number of nitrogens with zero attached hydrogens (tertiary/aromatic N) is 3. The number of morpholine rings is 1. The van der Waals surface area contributed by atoms with E-state index in [2.05, 4.69) is 32.3 Å². The number of ether oxygens (including phenoxy) is 3. The highest BCUT2D eigenvalue weighted by atomic mass is 35.5. The number of amidine groups is 1. The van der Waals surface area contributed by atoms with Gasteiger partial charge in [0.15, 0.2) is 11.5 Å². The molecular formula is C23H29Cl2N5O3. The first-order chi connectivity index (χ1) is 15.3. The fourth-order valence-electron chi connectivity index (χ4n) is 3.93. The second-order valence-electron chi connectivity index (χ2n) is 7.64. The number of methoxy groups -OCH3 is 1. The number of fused-ring (bicyclic) bond motifs is 1. The van der Waals surface area contributed by atoms with Gasteiger partial charge in [0, 0.05) is 37.3 Å². The van der Waals surface area contributed by atoms with Crippen molar-refractivity contribution in [1.29, 1.82) is 0 Å². The highest BCUT2D eigenvalue weighted by Crippen LogP contribution is 2.32. The molecule has 0 spiro atoms. The van der Waals surface area contributed by atoms with Gasteiger partial charge in [-0.15, -0.1) is 24.8 Å². The monoisotopic (exact) mass is 493 g/mol. The molecule has 2 N–H and O–H groups in total. The van der Waals surface area contributed by atoms with E-state index in [0.29, 0.717) is 12.4 Å². The summed E-state index contributed by atoms with van der Waals surface area (Å²) >= 11 is 0. The van der Waals surface area contributed by atoms with Crippen LogP contribution in [0.25, 0.3) is 22.4 Å². The van der Waals surface area contributed by atoms with Gasteiger partial charge >= 0.3 is 0 Å². The molecule has 1 saturated heterocycles. The number of hydrogen-bond donors (Lipinski definition) is 2. The summed E-state index contributed by atoms with van der Waals surface area (Å²) in [6.45, 7) is 6.70. The van der Waals surface area contributed by atoms with Gasteiger partial charge in [-0.3, -0.25) is 9.89 Å². The van der Waals surface area contributed by atoms with E-state index >= 15 is 0 Å². The summed E-state index contributed by atoms with van der Waals surface area (Å²) < 4.78 is 17.0. The molecular weight excluding hydrogens is 465 g/mol. The van der Waals surface area contributed by atoms with Crippen LogP contribution in [0.2, 0.25) is 0 Å². The van der Waals surface area contributed by atoms with Crippen LogP contribution in [0.5, 0.6) is 11.5 Å². The van der Waals surface area contributed by atoms with Crippen LogP contribution >= 0.6 is 24.8 Å². The van der Waals surface area contributed by atoms with Crippen LogP contribution < -0.4 is 14.8 Å². The molecule has 0 saturated carbocycles. The highest BCUT2D eigenvalue weighted by Gasteiger charge is 2.14. The van der Waals surface area contributed by atoms with Crippen molar-refractivity contribution in [3.8, 4) is 22.9 Å². The van der Waals surface area contributed by atoms with Crippen molar-refractivity contribution < 1.29 is 14.2 Å². The van der Waals surface area contributed by atoms with E-state index < -0.39 is 0 Å². The fraction of sp³-hybridized carbons (Fsp3) is 0.391. The number of nitrogens with one attached hydrogen (secondary N) is 2. The molecule has 8 nitrogen and oxygen atoms in total. The molecule has 2 aromatic carbocycles. The van der Waals surface area contributed by atoms with Gasteiger partial charge in [0.1, 0.15) is 18.3 Å². The predicted molar refractivity (Wildman–Crippen MR) is 135 cm³/mol. The first-order valence-electron chi connectivity index (χ1n) is 10.7. The Kier molecular flexibility index (Phi) is 8.80. The molecule has 178 valence electrons. The summed E-state index contributed by atoms with van der Waals surface area (Å²) in [5, 5.41) is 3.31. The largest absolute Gasteiger partial charge is 0.493 e. The standard InChI is InChI=1S/C23H27N5O3.2ClH/c1-29-21-15-17(3-5-20(21)31-13-10-28-8-11-30-12-9-28)23-26-18-4-2-16(14-19(18)27-23)22-24-6-7-25-22;;/h2-5,14-15H,6-13H2,1H3,(H,24,25)(H,26,27);2*1H. The summed E-state index contributed by atoms with van der Waals surface area (Å²) in [6, 6.07) is 12.1. The van der Waals surface area contributed by atoms with Crippen LogP contribution in [0.15, 0.2) is 41.4 Å². The van der Waals surface area contributed by atoms with Gasteiger partial charge in [0.2, 0.25) is 0 Å². The SMILES string of the molecule is COc1cc(-c2nc3ccc(C4=NCCN4)cc3[nH]2)ccc1OCCN1CCOCC1.Cl.Cl. The third-order valence-electron chi connectivity index (χ3n) is 5.64. The molecule has 5 rings (SSSR count). The third-order valence-corrected chi connectivity index (χ3v) is 5.64. The van der Waals surface area contributed by atoms with Gasteiger partial charge < -0.3 is 24.5 Å². The van der Waals surface area contributed by atoms with Crippen molar-refractivity contribution in [1.82, 2.24) is 20.2 Å². The number of aromatic nitrogens is 2. The molecule has 0 radical (unpaired) electrons. The van der Waals surface area contributed by atoms with E-state index in [1.54, 1.807) is 7.11 Å². The molecule has 0 amide bonds. The maximum Gasteiger partial charge on any atom is 0.161 e. The maximum absolute atomic E-state index is 6.00. The first-order valence-corrected chi connectivity index (χ1v) is 10.7. The number of benzene rings is 2. The minimum atomic E-state index is 0. The number of aliphatic imine (C=N–C) groups is 1. The second kappa shape index (κ2) is 11.6.